The number of alkyl halides is 3. The fourth-order valence-corrected chi connectivity index (χ4v) is 5.13. The van der Waals surface area contributed by atoms with Gasteiger partial charge in [-0.15, -0.1) is 0 Å². The molecule has 1 amide bonds. The minimum Gasteiger partial charge on any atom is -0.489 e. The summed E-state index contributed by atoms with van der Waals surface area (Å²) >= 11 is 5.89. The topological polar surface area (TPSA) is 94.0 Å². The number of piperazine rings is 1. The molecule has 1 fully saturated rings. The monoisotopic (exact) mass is 672 g/mol. The van der Waals surface area contributed by atoms with E-state index in [1.165, 1.54) is 10.6 Å². The zero-order valence-corrected chi connectivity index (χ0v) is 27.3. The summed E-state index contributed by atoms with van der Waals surface area (Å²) in [5.74, 6) is -1.33. The van der Waals surface area contributed by atoms with E-state index in [4.69, 9.17) is 26.1 Å². The van der Waals surface area contributed by atoms with Crippen LogP contribution in [0.1, 0.15) is 43.9 Å². The number of ether oxygens (including phenoxy) is 2. The summed E-state index contributed by atoms with van der Waals surface area (Å²) in [6.07, 6.45) is -5.49. The number of benzene rings is 3. The lowest BCUT2D eigenvalue weighted by Crippen LogP contribution is -2.50. The second kappa shape index (κ2) is 15.4. The first-order valence-electron chi connectivity index (χ1n) is 15.2. The molecule has 4 aromatic rings. The number of Topliss-reactive ketones (excluding diaryl/α,β-unsaturated/α-hetero) is 1. The highest BCUT2D eigenvalue weighted by atomic mass is 35.5. The Kier molecular flexibility index (Phi) is 11.6. The highest BCUT2D eigenvalue weighted by Crippen LogP contribution is 2.30. The Hall–Kier alpha value is -4.42. The van der Waals surface area contributed by atoms with Crippen LogP contribution in [-0.2, 0) is 11.3 Å². The molecule has 0 aliphatic carbocycles. The van der Waals surface area contributed by atoms with Crippen molar-refractivity contribution in [3.05, 3.63) is 93.5 Å². The van der Waals surface area contributed by atoms with E-state index in [0.717, 1.165) is 12.1 Å². The minimum absolute atomic E-state index is 0.0229. The lowest BCUT2D eigenvalue weighted by molar-refractivity contribution is -0.135. The molecule has 13 heteroatoms. The third-order valence-electron chi connectivity index (χ3n) is 7.19. The summed E-state index contributed by atoms with van der Waals surface area (Å²) in [4.78, 5) is 47.3. The molecule has 3 aromatic carbocycles. The number of aromatic nitrogens is 2. The van der Waals surface area contributed by atoms with Crippen molar-refractivity contribution in [2.24, 2.45) is 0 Å². The molecule has 5 rings (SSSR count). The molecule has 1 saturated heterocycles. The zero-order chi connectivity index (χ0) is 34.3. The Bertz CT molecular complexity index is 1770. The molecule has 1 aliphatic heterocycles. The quantitative estimate of drug-likeness (QED) is 0.192. The van der Waals surface area contributed by atoms with Crippen LogP contribution in [0.15, 0.2) is 71.5 Å². The van der Waals surface area contributed by atoms with Crippen LogP contribution >= 0.6 is 11.6 Å². The SMILES string of the molecule is CC.CC(C)Oc1ccc(C(=O)C(F)(F)F)cc1-n1c(CN2CCN(C(=O)COc3ccc(Cl)cc3)CC2)nc2ccccc2c1=O. The predicted octanol–water partition coefficient (Wildman–Crippen LogP) is 6.32. The van der Waals surface area contributed by atoms with E-state index in [1.54, 1.807) is 67.3 Å². The van der Waals surface area contributed by atoms with Gasteiger partial charge in [0.1, 0.15) is 17.3 Å². The van der Waals surface area contributed by atoms with Crippen LogP contribution in [0.3, 0.4) is 0 Å². The van der Waals surface area contributed by atoms with Crippen LogP contribution in [0.25, 0.3) is 16.6 Å². The largest absolute Gasteiger partial charge is 0.489 e. The van der Waals surface area contributed by atoms with Gasteiger partial charge < -0.3 is 14.4 Å². The molecule has 0 atom stereocenters. The molecule has 2 heterocycles. The summed E-state index contributed by atoms with van der Waals surface area (Å²) in [5, 5.41) is 0.808. The van der Waals surface area contributed by atoms with Gasteiger partial charge in [-0.2, -0.15) is 13.2 Å². The summed E-state index contributed by atoms with van der Waals surface area (Å²) in [7, 11) is 0. The van der Waals surface area contributed by atoms with Crippen molar-refractivity contribution in [3.8, 4) is 17.2 Å². The Morgan fingerprint density at radius 2 is 1.62 bits per heavy atom. The van der Waals surface area contributed by atoms with Gasteiger partial charge in [-0.05, 0) is 68.4 Å². The molecule has 9 nitrogen and oxygen atoms in total. The minimum atomic E-state index is -5.11. The molecular weight excluding hydrogens is 637 g/mol. The highest BCUT2D eigenvalue weighted by Gasteiger charge is 2.39. The van der Waals surface area contributed by atoms with Gasteiger partial charge in [0.05, 0.1) is 29.2 Å². The maximum Gasteiger partial charge on any atom is 0.454 e. The molecule has 0 spiro atoms. The summed E-state index contributed by atoms with van der Waals surface area (Å²) < 4.78 is 52.8. The van der Waals surface area contributed by atoms with Crippen LogP contribution < -0.4 is 15.0 Å². The molecule has 0 saturated carbocycles. The summed E-state index contributed by atoms with van der Waals surface area (Å²) in [6.45, 7) is 9.13. The van der Waals surface area contributed by atoms with Gasteiger partial charge in [-0.3, -0.25) is 23.9 Å². The number of fused-ring (bicyclic) bond motifs is 1. The van der Waals surface area contributed by atoms with Gasteiger partial charge in [0.2, 0.25) is 0 Å². The van der Waals surface area contributed by atoms with Crippen molar-refractivity contribution in [2.75, 3.05) is 32.8 Å². The molecular formula is C34H36ClF3N4O5. The maximum absolute atomic E-state index is 13.9. The predicted molar refractivity (Wildman–Crippen MR) is 174 cm³/mol. The van der Waals surface area contributed by atoms with E-state index in [9.17, 15) is 27.6 Å². The summed E-state index contributed by atoms with van der Waals surface area (Å²) in [5.41, 5.74) is -0.762. The van der Waals surface area contributed by atoms with E-state index < -0.39 is 23.1 Å². The van der Waals surface area contributed by atoms with Crippen molar-refractivity contribution < 1.29 is 32.2 Å². The first-order valence-corrected chi connectivity index (χ1v) is 15.6. The van der Waals surface area contributed by atoms with Crippen LogP contribution in [-0.4, -0.2) is 76.1 Å². The third kappa shape index (κ3) is 8.69. The number of halogens is 4. The second-order valence-corrected chi connectivity index (χ2v) is 11.2. The van der Waals surface area contributed by atoms with Crippen molar-refractivity contribution >= 4 is 34.2 Å². The summed E-state index contributed by atoms with van der Waals surface area (Å²) in [6, 6.07) is 16.7. The van der Waals surface area contributed by atoms with Crippen molar-refractivity contribution in [2.45, 2.75) is 46.5 Å². The lowest BCUT2D eigenvalue weighted by Gasteiger charge is -2.34. The molecule has 0 N–H and O–H groups in total. The Labute approximate surface area is 275 Å². The lowest BCUT2D eigenvalue weighted by atomic mass is 10.1. The fraction of sp³-hybridized carbons (Fsp3) is 0.353. The number of hydrogen-bond acceptors (Lipinski definition) is 7. The Morgan fingerprint density at radius 1 is 0.957 bits per heavy atom. The number of carbonyl (C=O) groups is 2. The second-order valence-electron chi connectivity index (χ2n) is 10.8. The first-order chi connectivity index (χ1) is 22.4. The molecule has 0 bridgehead atoms. The van der Waals surface area contributed by atoms with E-state index in [1.807, 2.05) is 18.7 Å². The van der Waals surface area contributed by atoms with Gasteiger partial charge in [-0.1, -0.05) is 37.6 Å². The fourth-order valence-electron chi connectivity index (χ4n) is 5.01. The van der Waals surface area contributed by atoms with Gasteiger partial charge in [0.25, 0.3) is 17.2 Å². The molecule has 47 heavy (non-hydrogen) atoms. The van der Waals surface area contributed by atoms with E-state index in [0.29, 0.717) is 42.5 Å². The average molecular weight is 673 g/mol. The molecule has 1 aliphatic rings. The third-order valence-corrected chi connectivity index (χ3v) is 7.45. The highest BCUT2D eigenvalue weighted by molar-refractivity contribution is 6.30. The molecule has 0 unspecified atom stereocenters. The van der Waals surface area contributed by atoms with Gasteiger partial charge in [-0.25, -0.2) is 4.98 Å². The van der Waals surface area contributed by atoms with Crippen molar-refractivity contribution in [1.82, 2.24) is 19.4 Å². The first kappa shape index (κ1) is 35.4. The van der Waals surface area contributed by atoms with Crippen LogP contribution in [0.5, 0.6) is 11.5 Å². The van der Waals surface area contributed by atoms with E-state index in [-0.39, 0.29) is 47.8 Å². The normalized spacial score (nSPS) is 13.7. The van der Waals surface area contributed by atoms with Crippen LogP contribution in [0.4, 0.5) is 13.2 Å². The number of ketones is 1. The van der Waals surface area contributed by atoms with Gasteiger partial charge in [0, 0.05) is 36.8 Å². The Balaban J connectivity index is 0.00000245. The van der Waals surface area contributed by atoms with Crippen LogP contribution in [0.2, 0.25) is 5.02 Å². The van der Waals surface area contributed by atoms with Gasteiger partial charge >= 0.3 is 6.18 Å². The average Bonchev–Trinajstić information content (AvgIpc) is 3.05. The number of para-hydroxylation sites is 1. The number of amides is 1. The van der Waals surface area contributed by atoms with Gasteiger partial charge in [0.15, 0.2) is 6.61 Å². The molecule has 1 aromatic heterocycles. The molecule has 0 radical (unpaired) electrons. The van der Waals surface area contributed by atoms with E-state index in [2.05, 4.69) is 0 Å². The smallest absolute Gasteiger partial charge is 0.454 e. The maximum atomic E-state index is 13.9. The standard InChI is InChI=1S/C32H30ClF3N4O5.C2H6/c1-20(2)45-27-12-7-21(30(42)32(34,35)36)17-26(27)40-28(37-25-6-4-3-5-24(25)31(40)43)18-38-13-15-39(16-14-38)29(41)19-44-23-10-8-22(33)9-11-23;1-2/h3-12,17,20H,13-16,18-19H2,1-2H3;1-2H3. The van der Waals surface area contributed by atoms with E-state index >= 15 is 0 Å². The van der Waals surface area contributed by atoms with Crippen molar-refractivity contribution in [1.29, 1.82) is 0 Å². The van der Waals surface area contributed by atoms with Crippen molar-refractivity contribution in [3.63, 3.8) is 0 Å². The zero-order valence-electron chi connectivity index (χ0n) is 26.5. The number of nitrogens with zero attached hydrogens (tertiary/aromatic N) is 4. The number of hydrogen-bond donors (Lipinski definition) is 0. The molecule has 250 valence electrons. The Morgan fingerprint density at radius 3 is 2.26 bits per heavy atom. The van der Waals surface area contributed by atoms with Crippen LogP contribution in [0, 0.1) is 0 Å². The number of rotatable bonds is 9. The number of carbonyl (C=O) groups excluding carboxylic acids is 2.